The molecule has 1 aliphatic heterocycles. The van der Waals surface area contributed by atoms with Crippen LogP contribution in [0.5, 0.6) is 0 Å². The van der Waals surface area contributed by atoms with Crippen LogP contribution in [-0.4, -0.2) is 60.3 Å². The molecule has 0 atom stereocenters. The molecule has 0 N–H and O–H groups in total. The summed E-state index contributed by atoms with van der Waals surface area (Å²) in [7, 11) is 0. The second kappa shape index (κ2) is 8.52. The molecule has 0 saturated carbocycles. The number of hydrogen-bond acceptors (Lipinski definition) is 5. The minimum Gasteiger partial charge on any atom is -0.356 e. The Morgan fingerprint density at radius 1 is 1.11 bits per heavy atom. The van der Waals surface area contributed by atoms with E-state index in [0.717, 1.165) is 30.8 Å². The van der Waals surface area contributed by atoms with Crippen molar-refractivity contribution in [2.45, 2.75) is 13.8 Å². The first kappa shape index (κ1) is 19.4. The number of rotatable bonds is 5. The summed E-state index contributed by atoms with van der Waals surface area (Å²) in [5.41, 5.74) is 0.329. The molecule has 27 heavy (non-hydrogen) atoms. The molecule has 0 bridgehead atoms. The number of carbonyl (C=O) groups excluding carboxylic acids is 1. The standard InChI is InChI=1S/C19H23ClFN5O/c1-3-24(4-2)17-7-8-18(23-22-17)25-9-11-26(12-10-25)19(27)15-6-5-14(21)13-16(15)20/h5-8,13H,3-4,9-12H2,1-2H3. The summed E-state index contributed by atoms with van der Waals surface area (Å²) in [5.74, 6) is 1.04. The van der Waals surface area contributed by atoms with Crippen LogP contribution in [0.1, 0.15) is 24.2 Å². The van der Waals surface area contributed by atoms with Crippen LogP contribution in [0.15, 0.2) is 30.3 Å². The molecule has 1 amide bonds. The summed E-state index contributed by atoms with van der Waals surface area (Å²) in [6.45, 7) is 8.35. The zero-order chi connectivity index (χ0) is 19.4. The van der Waals surface area contributed by atoms with E-state index < -0.39 is 5.82 Å². The Balaban J connectivity index is 1.62. The highest BCUT2D eigenvalue weighted by molar-refractivity contribution is 6.33. The van der Waals surface area contributed by atoms with Crippen molar-refractivity contribution in [3.8, 4) is 0 Å². The second-order valence-electron chi connectivity index (χ2n) is 6.33. The number of nitrogens with zero attached hydrogens (tertiary/aromatic N) is 5. The van der Waals surface area contributed by atoms with Gasteiger partial charge in [-0.25, -0.2) is 4.39 Å². The Morgan fingerprint density at radius 2 is 1.81 bits per heavy atom. The van der Waals surface area contributed by atoms with Crippen molar-refractivity contribution < 1.29 is 9.18 Å². The Hall–Kier alpha value is -2.41. The lowest BCUT2D eigenvalue weighted by Crippen LogP contribution is -2.49. The molecule has 3 rings (SSSR count). The third-order valence-electron chi connectivity index (χ3n) is 4.78. The third kappa shape index (κ3) is 4.30. The van der Waals surface area contributed by atoms with Gasteiger partial charge in [0.2, 0.25) is 0 Å². The van der Waals surface area contributed by atoms with Crippen LogP contribution in [0.25, 0.3) is 0 Å². The Morgan fingerprint density at radius 3 is 2.37 bits per heavy atom. The highest BCUT2D eigenvalue weighted by Crippen LogP contribution is 2.21. The number of benzene rings is 1. The quantitative estimate of drug-likeness (QED) is 0.784. The minimum atomic E-state index is -0.451. The molecular weight excluding hydrogens is 369 g/mol. The molecule has 144 valence electrons. The van der Waals surface area contributed by atoms with Crippen molar-refractivity contribution in [3.05, 3.63) is 46.7 Å². The van der Waals surface area contributed by atoms with Crippen molar-refractivity contribution in [3.63, 3.8) is 0 Å². The molecule has 0 radical (unpaired) electrons. The molecule has 0 aliphatic carbocycles. The summed E-state index contributed by atoms with van der Waals surface area (Å²) in [6, 6.07) is 7.80. The molecule has 0 spiro atoms. The van der Waals surface area contributed by atoms with E-state index in [4.69, 9.17) is 11.6 Å². The van der Waals surface area contributed by atoms with E-state index in [2.05, 4.69) is 33.8 Å². The Kier molecular flexibility index (Phi) is 6.11. The van der Waals surface area contributed by atoms with E-state index in [1.807, 2.05) is 12.1 Å². The smallest absolute Gasteiger partial charge is 0.255 e. The average Bonchev–Trinajstić information content (AvgIpc) is 2.69. The van der Waals surface area contributed by atoms with Gasteiger partial charge in [-0.1, -0.05) is 11.6 Å². The van der Waals surface area contributed by atoms with E-state index in [1.165, 1.54) is 12.1 Å². The SMILES string of the molecule is CCN(CC)c1ccc(N2CCN(C(=O)c3ccc(F)cc3Cl)CC2)nn1. The number of anilines is 2. The van der Waals surface area contributed by atoms with Gasteiger partial charge < -0.3 is 14.7 Å². The number of piperazine rings is 1. The van der Waals surface area contributed by atoms with Crippen LogP contribution in [0.2, 0.25) is 5.02 Å². The zero-order valence-corrected chi connectivity index (χ0v) is 16.3. The molecular formula is C19H23ClFN5O. The van der Waals surface area contributed by atoms with E-state index in [9.17, 15) is 9.18 Å². The van der Waals surface area contributed by atoms with Crippen LogP contribution in [-0.2, 0) is 0 Å². The van der Waals surface area contributed by atoms with E-state index >= 15 is 0 Å². The van der Waals surface area contributed by atoms with Crippen LogP contribution < -0.4 is 9.80 Å². The summed E-state index contributed by atoms with van der Waals surface area (Å²) in [6.07, 6.45) is 0. The van der Waals surface area contributed by atoms with Gasteiger partial charge in [-0.05, 0) is 44.2 Å². The number of carbonyl (C=O) groups is 1. The van der Waals surface area contributed by atoms with Crippen molar-refractivity contribution in [2.24, 2.45) is 0 Å². The first-order valence-electron chi connectivity index (χ1n) is 9.11. The molecule has 1 saturated heterocycles. The lowest BCUT2D eigenvalue weighted by Gasteiger charge is -2.35. The van der Waals surface area contributed by atoms with Gasteiger partial charge in [-0.3, -0.25) is 4.79 Å². The van der Waals surface area contributed by atoms with Crippen LogP contribution in [0.4, 0.5) is 16.0 Å². The van der Waals surface area contributed by atoms with E-state index in [0.29, 0.717) is 31.7 Å². The molecule has 6 nitrogen and oxygen atoms in total. The topological polar surface area (TPSA) is 52.6 Å². The molecule has 1 aromatic carbocycles. The van der Waals surface area contributed by atoms with Gasteiger partial charge >= 0.3 is 0 Å². The molecule has 0 unspecified atom stereocenters. The van der Waals surface area contributed by atoms with E-state index in [-0.39, 0.29) is 10.9 Å². The van der Waals surface area contributed by atoms with Crippen molar-refractivity contribution in [1.29, 1.82) is 0 Å². The Labute approximate surface area is 163 Å². The van der Waals surface area contributed by atoms with Crippen LogP contribution in [0.3, 0.4) is 0 Å². The normalized spacial score (nSPS) is 14.4. The predicted octanol–water partition coefficient (Wildman–Crippen LogP) is 3.08. The minimum absolute atomic E-state index is 0.139. The maximum atomic E-state index is 13.2. The van der Waals surface area contributed by atoms with Crippen molar-refractivity contribution in [1.82, 2.24) is 15.1 Å². The van der Waals surface area contributed by atoms with Gasteiger partial charge in [0.1, 0.15) is 5.82 Å². The number of amides is 1. The maximum absolute atomic E-state index is 13.2. The highest BCUT2D eigenvalue weighted by atomic mass is 35.5. The molecule has 2 heterocycles. The van der Waals surface area contributed by atoms with Gasteiger partial charge in [0, 0.05) is 39.3 Å². The van der Waals surface area contributed by atoms with Gasteiger partial charge in [0.25, 0.3) is 5.91 Å². The molecule has 1 aromatic heterocycles. The lowest BCUT2D eigenvalue weighted by atomic mass is 10.1. The molecule has 2 aromatic rings. The first-order valence-corrected chi connectivity index (χ1v) is 9.49. The second-order valence-corrected chi connectivity index (χ2v) is 6.73. The fourth-order valence-corrected chi connectivity index (χ4v) is 3.42. The highest BCUT2D eigenvalue weighted by Gasteiger charge is 2.24. The Bertz CT molecular complexity index is 789. The maximum Gasteiger partial charge on any atom is 0.255 e. The molecule has 1 aliphatic rings. The predicted molar refractivity (Wildman–Crippen MR) is 105 cm³/mol. The van der Waals surface area contributed by atoms with Gasteiger partial charge in [0.05, 0.1) is 10.6 Å². The number of hydrogen-bond donors (Lipinski definition) is 0. The van der Waals surface area contributed by atoms with Gasteiger partial charge in [0.15, 0.2) is 11.6 Å². The summed E-state index contributed by atoms with van der Waals surface area (Å²) < 4.78 is 13.2. The fourth-order valence-electron chi connectivity index (χ4n) is 3.18. The lowest BCUT2D eigenvalue weighted by molar-refractivity contribution is 0.0746. The van der Waals surface area contributed by atoms with Crippen molar-refractivity contribution in [2.75, 3.05) is 49.1 Å². The molecule has 1 fully saturated rings. The largest absolute Gasteiger partial charge is 0.356 e. The summed E-state index contributed by atoms with van der Waals surface area (Å²) in [4.78, 5) is 18.6. The summed E-state index contributed by atoms with van der Waals surface area (Å²) >= 11 is 6.01. The van der Waals surface area contributed by atoms with Crippen molar-refractivity contribution >= 4 is 29.1 Å². The molecule has 8 heteroatoms. The average molecular weight is 392 g/mol. The number of aromatic nitrogens is 2. The van der Waals surface area contributed by atoms with Crippen LogP contribution >= 0.6 is 11.6 Å². The summed E-state index contributed by atoms with van der Waals surface area (Å²) in [5, 5.41) is 8.80. The first-order chi connectivity index (χ1) is 13.0. The third-order valence-corrected chi connectivity index (χ3v) is 5.09. The van der Waals surface area contributed by atoms with Crippen LogP contribution in [0, 0.1) is 5.82 Å². The fraction of sp³-hybridized carbons (Fsp3) is 0.421. The zero-order valence-electron chi connectivity index (χ0n) is 15.5. The number of halogens is 2. The van der Waals surface area contributed by atoms with Gasteiger partial charge in [-0.15, -0.1) is 10.2 Å². The van der Waals surface area contributed by atoms with Gasteiger partial charge in [-0.2, -0.15) is 0 Å². The van der Waals surface area contributed by atoms with E-state index in [1.54, 1.807) is 4.90 Å². The monoisotopic (exact) mass is 391 g/mol.